The van der Waals surface area contributed by atoms with Crippen LogP contribution in [0.3, 0.4) is 0 Å². The molecule has 0 heterocycles. The lowest BCUT2D eigenvalue weighted by atomic mass is 10.00. The summed E-state index contributed by atoms with van der Waals surface area (Å²) in [6.45, 7) is 4.88. The number of hydrogen-bond donors (Lipinski definition) is 1. The Labute approximate surface area is 117 Å². The van der Waals surface area contributed by atoms with Crippen molar-refractivity contribution in [2.24, 2.45) is 0 Å². The fourth-order valence-electron chi connectivity index (χ4n) is 1.91. The first-order chi connectivity index (χ1) is 8.58. The standard InChI is InChI=1S/C14H21BrFNO/c1-4-17-14(8-5-10(2)18-3)12-9-11(15)6-7-13(12)16/h6-7,9-10,14,17H,4-5,8H2,1-3H3. The molecule has 0 bridgehead atoms. The Bertz CT molecular complexity index is 373. The quantitative estimate of drug-likeness (QED) is 0.819. The van der Waals surface area contributed by atoms with E-state index in [-0.39, 0.29) is 18.0 Å². The Balaban J connectivity index is 2.79. The molecule has 1 rings (SSSR count). The highest BCUT2D eigenvalue weighted by Crippen LogP contribution is 2.25. The molecule has 1 aromatic carbocycles. The van der Waals surface area contributed by atoms with Gasteiger partial charge in [0.15, 0.2) is 0 Å². The van der Waals surface area contributed by atoms with E-state index < -0.39 is 0 Å². The molecule has 102 valence electrons. The zero-order valence-electron chi connectivity index (χ0n) is 11.2. The van der Waals surface area contributed by atoms with E-state index in [4.69, 9.17) is 4.74 Å². The molecular formula is C14H21BrFNO. The number of ether oxygens (including phenoxy) is 1. The Morgan fingerprint density at radius 2 is 2.11 bits per heavy atom. The van der Waals surface area contributed by atoms with Gasteiger partial charge in [0, 0.05) is 23.2 Å². The molecule has 0 saturated carbocycles. The molecule has 18 heavy (non-hydrogen) atoms. The first-order valence-electron chi connectivity index (χ1n) is 6.29. The molecule has 4 heteroatoms. The van der Waals surface area contributed by atoms with Gasteiger partial charge in [0.25, 0.3) is 0 Å². The maximum atomic E-state index is 13.9. The lowest BCUT2D eigenvalue weighted by Gasteiger charge is -2.21. The van der Waals surface area contributed by atoms with Crippen LogP contribution in [0.4, 0.5) is 4.39 Å². The number of rotatable bonds is 7. The van der Waals surface area contributed by atoms with E-state index in [0.29, 0.717) is 0 Å². The van der Waals surface area contributed by atoms with Gasteiger partial charge in [-0.25, -0.2) is 4.39 Å². The monoisotopic (exact) mass is 317 g/mol. The molecule has 2 nitrogen and oxygen atoms in total. The van der Waals surface area contributed by atoms with E-state index in [1.165, 1.54) is 6.07 Å². The Morgan fingerprint density at radius 1 is 1.39 bits per heavy atom. The summed E-state index contributed by atoms with van der Waals surface area (Å²) in [4.78, 5) is 0. The molecule has 2 atom stereocenters. The molecule has 0 aliphatic carbocycles. The third-order valence-corrected chi connectivity index (χ3v) is 3.54. The van der Waals surface area contributed by atoms with Gasteiger partial charge in [-0.05, 0) is 44.5 Å². The van der Waals surface area contributed by atoms with Crippen LogP contribution in [0.15, 0.2) is 22.7 Å². The summed E-state index contributed by atoms with van der Waals surface area (Å²) in [6, 6.07) is 5.11. The maximum Gasteiger partial charge on any atom is 0.128 e. The van der Waals surface area contributed by atoms with E-state index in [1.54, 1.807) is 13.2 Å². The van der Waals surface area contributed by atoms with Crippen LogP contribution in [0.1, 0.15) is 38.3 Å². The summed E-state index contributed by atoms with van der Waals surface area (Å²) in [6.07, 6.45) is 1.96. The summed E-state index contributed by atoms with van der Waals surface area (Å²) in [7, 11) is 1.70. The summed E-state index contributed by atoms with van der Waals surface area (Å²) in [5, 5.41) is 3.33. The minimum Gasteiger partial charge on any atom is -0.382 e. The fraction of sp³-hybridized carbons (Fsp3) is 0.571. The van der Waals surface area contributed by atoms with Crippen molar-refractivity contribution in [2.75, 3.05) is 13.7 Å². The van der Waals surface area contributed by atoms with Crippen LogP contribution in [0, 0.1) is 5.82 Å². The minimum atomic E-state index is -0.158. The summed E-state index contributed by atoms with van der Waals surface area (Å²) in [5.74, 6) is -0.158. The molecule has 0 saturated heterocycles. The van der Waals surface area contributed by atoms with Gasteiger partial charge in [0.05, 0.1) is 6.10 Å². The smallest absolute Gasteiger partial charge is 0.128 e. The predicted octanol–water partition coefficient (Wildman–Crippen LogP) is 4.05. The van der Waals surface area contributed by atoms with Crippen LogP contribution >= 0.6 is 15.9 Å². The highest BCUT2D eigenvalue weighted by molar-refractivity contribution is 9.10. The molecule has 0 aromatic heterocycles. The first kappa shape index (κ1) is 15.6. The third kappa shape index (κ3) is 4.67. The molecule has 0 radical (unpaired) electrons. The van der Waals surface area contributed by atoms with Gasteiger partial charge < -0.3 is 10.1 Å². The SMILES string of the molecule is CCNC(CCC(C)OC)c1cc(Br)ccc1F. The van der Waals surface area contributed by atoms with Crippen molar-refractivity contribution in [2.45, 2.75) is 38.8 Å². The Kier molecular flexibility index (Phi) is 6.82. The Morgan fingerprint density at radius 3 is 2.72 bits per heavy atom. The minimum absolute atomic E-state index is 0.0325. The number of hydrogen-bond acceptors (Lipinski definition) is 2. The normalized spacial score (nSPS) is 14.5. The lowest BCUT2D eigenvalue weighted by Crippen LogP contribution is -2.23. The van der Waals surface area contributed by atoms with Crippen molar-refractivity contribution in [3.63, 3.8) is 0 Å². The molecule has 0 amide bonds. The maximum absolute atomic E-state index is 13.9. The van der Waals surface area contributed by atoms with Crippen LogP contribution < -0.4 is 5.32 Å². The molecule has 2 unspecified atom stereocenters. The fourth-order valence-corrected chi connectivity index (χ4v) is 2.29. The second-order valence-corrected chi connectivity index (χ2v) is 5.32. The topological polar surface area (TPSA) is 21.3 Å². The zero-order valence-corrected chi connectivity index (χ0v) is 12.8. The number of nitrogens with one attached hydrogen (secondary N) is 1. The largest absolute Gasteiger partial charge is 0.382 e. The number of halogens is 2. The molecule has 0 fully saturated rings. The van der Waals surface area contributed by atoms with Crippen molar-refractivity contribution in [1.29, 1.82) is 0 Å². The predicted molar refractivity (Wildman–Crippen MR) is 76.2 cm³/mol. The number of methoxy groups -OCH3 is 1. The van der Waals surface area contributed by atoms with Crippen LogP contribution in [-0.2, 0) is 4.74 Å². The van der Waals surface area contributed by atoms with E-state index in [9.17, 15) is 4.39 Å². The lowest BCUT2D eigenvalue weighted by molar-refractivity contribution is 0.106. The first-order valence-corrected chi connectivity index (χ1v) is 7.08. The van der Waals surface area contributed by atoms with E-state index in [1.807, 2.05) is 19.9 Å². The highest BCUT2D eigenvalue weighted by atomic mass is 79.9. The summed E-state index contributed by atoms with van der Waals surface area (Å²) < 4.78 is 20.0. The van der Waals surface area contributed by atoms with Crippen molar-refractivity contribution < 1.29 is 9.13 Å². The van der Waals surface area contributed by atoms with Gasteiger partial charge in [-0.3, -0.25) is 0 Å². The molecule has 1 N–H and O–H groups in total. The van der Waals surface area contributed by atoms with E-state index >= 15 is 0 Å². The average molecular weight is 318 g/mol. The van der Waals surface area contributed by atoms with Crippen molar-refractivity contribution in [3.8, 4) is 0 Å². The van der Waals surface area contributed by atoms with Gasteiger partial charge in [0.2, 0.25) is 0 Å². The molecular weight excluding hydrogens is 297 g/mol. The summed E-state index contributed by atoms with van der Waals surface area (Å²) in [5.41, 5.74) is 0.717. The summed E-state index contributed by atoms with van der Waals surface area (Å²) >= 11 is 3.39. The highest BCUT2D eigenvalue weighted by Gasteiger charge is 2.16. The van der Waals surface area contributed by atoms with Gasteiger partial charge >= 0.3 is 0 Å². The van der Waals surface area contributed by atoms with Crippen molar-refractivity contribution in [3.05, 3.63) is 34.1 Å². The van der Waals surface area contributed by atoms with Gasteiger partial charge in [-0.1, -0.05) is 22.9 Å². The van der Waals surface area contributed by atoms with Gasteiger partial charge in [0.1, 0.15) is 5.82 Å². The molecule has 0 aliphatic rings. The van der Waals surface area contributed by atoms with Crippen LogP contribution in [0.25, 0.3) is 0 Å². The third-order valence-electron chi connectivity index (χ3n) is 3.05. The second-order valence-electron chi connectivity index (χ2n) is 4.40. The average Bonchev–Trinajstić information content (AvgIpc) is 2.37. The van der Waals surface area contributed by atoms with Crippen LogP contribution in [-0.4, -0.2) is 19.8 Å². The van der Waals surface area contributed by atoms with Crippen molar-refractivity contribution in [1.82, 2.24) is 5.32 Å². The van der Waals surface area contributed by atoms with Crippen LogP contribution in [0.5, 0.6) is 0 Å². The van der Waals surface area contributed by atoms with Gasteiger partial charge in [-0.2, -0.15) is 0 Å². The van der Waals surface area contributed by atoms with Gasteiger partial charge in [-0.15, -0.1) is 0 Å². The molecule has 1 aromatic rings. The van der Waals surface area contributed by atoms with Crippen LogP contribution in [0.2, 0.25) is 0 Å². The molecule has 0 spiro atoms. The van der Waals surface area contributed by atoms with E-state index in [2.05, 4.69) is 21.2 Å². The van der Waals surface area contributed by atoms with Crippen molar-refractivity contribution >= 4 is 15.9 Å². The Hall–Kier alpha value is -0.450. The number of benzene rings is 1. The second kappa shape index (κ2) is 7.87. The van der Waals surface area contributed by atoms with E-state index in [0.717, 1.165) is 29.4 Å². The zero-order chi connectivity index (χ0) is 13.5. The molecule has 0 aliphatic heterocycles.